The van der Waals surface area contributed by atoms with Crippen LogP contribution in [0.3, 0.4) is 0 Å². The average Bonchev–Trinajstić information content (AvgIpc) is 2.58. The number of nitrogens with zero attached hydrogens (tertiary/aromatic N) is 2. The van der Waals surface area contributed by atoms with Crippen LogP contribution in [0.25, 0.3) is 0 Å². The van der Waals surface area contributed by atoms with Gasteiger partial charge in [-0.25, -0.2) is 4.39 Å². The maximum atomic E-state index is 13.1. The summed E-state index contributed by atoms with van der Waals surface area (Å²) in [5.41, 5.74) is 1.18. The second kappa shape index (κ2) is 6.73. The number of hydrogen-bond donors (Lipinski definition) is 0. The van der Waals surface area contributed by atoms with Gasteiger partial charge >= 0.3 is 0 Å². The van der Waals surface area contributed by atoms with Crippen molar-refractivity contribution in [2.24, 2.45) is 0 Å². The monoisotopic (exact) mass is 390 g/mol. The van der Waals surface area contributed by atoms with Crippen LogP contribution in [0, 0.1) is 5.82 Å². The molecule has 0 N–H and O–H groups in total. The molecule has 0 aromatic heterocycles. The van der Waals surface area contributed by atoms with Crippen molar-refractivity contribution in [3.8, 4) is 0 Å². The molecular formula is C18H16BrFN2O2. The summed E-state index contributed by atoms with van der Waals surface area (Å²) in [6.07, 6.45) is 0. The van der Waals surface area contributed by atoms with E-state index in [4.69, 9.17) is 0 Å². The summed E-state index contributed by atoms with van der Waals surface area (Å²) in [6, 6.07) is 12.3. The van der Waals surface area contributed by atoms with Crippen LogP contribution >= 0.6 is 15.9 Å². The van der Waals surface area contributed by atoms with Crippen LogP contribution in [0.5, 0.6) is 0 Å². The van der Waals surface area contributed by atoms with Crippen molar-refractivity contribution < 1.29 is 14.0 Å². The maximum Gasteiger partial charge on any atom is 0.254 e. The summed E-state index contributed by atoms with van der Waals surface area (Å²) < 4.78 is 13.9. The Kier molecular flexibility index (Phi) is 4.66. The molecule has 1 atom stereocenters. The minimum atomic E-state index is -0.574. The molecular weight excluding hydrogens is 375 g/mol. The molecule has 124 valence electrons. The van der Waals surface area contributed by atoms with Crippen molar-refractivity contribution in [3.05, 3.63) is 64.4 Å². The first-order chi connectivity index (χ1) is 11.5. The lowest BCUT2D eigenvalue weighted by atomic mass is 10.1. The molecule has 0 bridgehead atoms. The highest BCUT2D eigenvalue weighted by Crippen LogP contribution is 2.23. The first-order valence-corrected chi connectivity index (χ1v) is 8.40. The minimum Gasteiger partial charge on any atom is -0.325 e. The van der Waals surface area contributed by atoms with Gasteiger partial charge in [-0.05, 0) is 49.4 Å². The van der Waals surface area contributed by atoms with E-state index in [1.165, 1.54) is 12.1 Å². The molecule has 24 heavy (non-hydrogen) atoms. The second-order valence-corrected chi connectivity index (χ2v) is 6.57. The predicted octanol–water partition coefficient (Wildman–Crippen LogP) is 3.47. The Morgan fingerprint density at radius 3 is 2.54 bits per heavy atom. The van der Waals surface area contributed by atoms with Crippen LogP contribution in [-0.4, -0.2) is 35.8 Å². The highest BCUT2D eigenvalue weighted by Gasteiger charge is 2.35. The molecule has 4 nitrogen and oxygen atoms in total. The van der Waals surface area contributed by atoms with Crippen LogP contribution in [0.1, 0.15) is 17.3 Å². The van der Waals surface area contributed by atoms with Gasteiger partial charge in [0.15, 0.2) is 0 Å². The van der Waals surface area contributed by atoms with Crippen molar-refractivity contribution in [3.63, 3.8) is 0 Å². The van der Waals surface area contributed by atoms with Crippen LogP contribution in [0.2, 0.25) is 0 Å². The standard InChI is InChI=1S/C18H16BrFN2O2/c1-12-17(23)22(16-7-5-15(20)6-8-16)10-9-21(12)18(24)13-3-2-4-14(19)11-13/h2-8,11-12H,9-10H2,1H3/t12-/m1/s1. The molecule has 0 spiro atoms. The van der Waals surface area contributed by atoms with E-state index >= 15 is 0 Å². The maximum absolute atomic E-state index is 13.1. The van der Waals surface area contributed by atoms with Gasteiger partial charge in [-0.2, -0.15) is 0 Å². The smallest absolute Gasteiger partial charge is 0.254 e. The molecule has 2 aromatic rings. The average molecular weight is 391 g/mol. The van der Waals surface area contributed by atoms with Crippen LogP contribution < -0.4 is 4.90 Å². The third-order valence-electron chi connectivity index (χ3n) is 4.13. The third-order valence-corrected chi connectivity index (χ3v) is 4.62. The summed E-state index contributed by atoms with van der Waals surface area (Å²) >= 11 is 3.35. The number of anilines is 1. The molecule has 2 aromatic carbocycles. The molecule has 1 saturated heterocycles. The van der Waals surface area contributed by atoms with Gasteiger partial charge in [0, 0.05) is 28.8 Å². The van der Waals surface area contributed by atoms with E-state index in [0.717, 1.165) is 4.47 Å². The molecule has 2 amide bonds. The molecule has 0 unspecified atom stereocenters. The zero-order valence-electron chi connectivity index (χ0n) is 13.1. The van der Waals surface area contributed by atoms with E-state index in [2.05, 4.69) is 15.9 Å². The topological polar surface area (TPSA) is 40.6 Å². The molecule has 0 saturated carbocycles. The number of piperazine rings is 1. The number of carbonyl (C=O) groups is 2. The van der Waals surface area contributed by atoms with Crippen LogP contribution in [0.4, 0.5) is 10.1 Å². The Morgan fingerprint density at radius 1 is 1.17 bits per heavy atom. The summed E-state index contributed by atoms with van der Waals surface area (Å²) in [6.45, 7) is 2.53. The lowest BCUT2D eigenvalue weighted by Crippen LogP contribution is -2.57. The Bertz CT molecular complexity index is 779. The first kappa shape index (κ1) is 16.6. The Balaban J connectivity index is 1.79. The lowest BCUT2D eigenvalue weighted by Gasteiger charge is -2.39. The van der Waals surface area contributed by atoms with E-state index in [9.17, 15) is 14.0 Å². The highest BCUT2D eigenvalue weighted by atomic mass is 79.9. The van der Waals surface area contributed by atoms with Crippen LogP contribution in [-0.2, 0) is 4.79 Å². The van der Waals surface area contributed by atoms with Gasteiger partial charge in [-0.1, -0.05) is 22.0 Å². The van der Waals surface area contributed by atoms with Gasteiger partial charge in [-0.15, -0.1) is 0 Å². The summed E-state index contributed by atoms with van der Waals surface area (Å²) in [4.78, 5) is 28.5. The number of carbonyl (C=O) groups excluding carboxylic acids is 2. The normalized spacial score (nSPS) is 18.0. The van der Waals surface area contributed by atoms with Gasteiger partial charge < -0.3 is 9.80 Å². The molecule has 0 aliphatic carbocycles. The van der Waals surface area contributed by atoms with Crippen molar-refractivity contribution in [2.45, 2.75) is 13.0 Å². The Labute approximate surface area is 148 Å². The minimum absolute atomic E-state index is 0.170. The SMILES string of the molecule is C[C@@H]1C(=O)N(c2ccc(F)cc2)CCN1C(=O)c1cccc(Br)c1. The van der Waals surface area contributed by atoms with Crippen molar-refractivity contribution in [2.75, 3.05) is 18.0 Å². The van der Waals surface area contributed by atoms with Crippen molar-refractivity contribution in [1.29, 1.82) is 0 Å². The van der Waals surface area contributed by atoms with Crippen molar-refractivity contribution in [1.82, 2.24) is 4.90 Å². The van der Waals surface area contributed by atoms with E-state index in [0.29, 0.717) is 24.3 Å². The third kappa shape index (κ3) is 3.19. The fraction of sp³-hybridized carbons (Fsp3) is 0.222. The Morgan fingerprint density at radius 2 is 1.88 bits per heavy atom. The number of benzene rings is 2. The summed E-state index contributed by atoms with van der Waals surface area (Å²) in [7, 11) is 0. The molecule has 1 heterocycles. The number of halogens is 2. The fourth-order valence-electron chi connectivity index (χ4n) is 2.81. The quantitative estimate of drug-likeness (QED) is 0.787. The number of rotatable bonds is 2. The van der Waals surface area contributed by atoms with Gasteiger partial charge in [0.25, 0.3) is 5.91 Å². The van der Waals surface area contributed by atoms with E-state index < -0.39 is 6.04 Å². The first-order valence-electron chi connectivity index (χ1n) is 7.61. The van der Waals surface area contributed by atoms with E-state index in [-0.39, 0.29) is 17.6 Å². The Hall–Kier alpha value is -2.21. The van der Waals surface area contributed by atoms with Crippen LogP contribution in [0.15, 0.2) is 53.0 Å². The molecule has 1 aliphatic heterocycles. The van der Waals surface area contributed by atoms with Gasteiger partial charge in [-0.3, -0.25) is 9.59 Å². The number of hydrogen-bond acceptors (Lipinski definition) is 2. The molecule has 0 radical (unpaired) electrons. The molecule has 1 aliphatic rings. The van der Waals surface area contributed by atoms with Gasteiger partial charge in [0.2, 0.25) is 5.91 Å². The lowest BCUT2D eigenvalue weighted by molar-refractivity contribution is -0.124. The zero-order chi connectivity index (χ0) is 17.3. The fourth-order valence-corrected chi connectivity index (χ4v) is 3.21. The van der Waals surface area contributed by atoms with E-state index in [1.807, 2.05) is 6.07 Å². The molecule has 3 rings (SSSR count). The highest BCUT2D eigenvalue weighted by molar-refractivity contribution is 9.10. The number of amides is 2. The van der Waals surface area contributed by atoms with Gasteiger partial charge in [0.05, 0.1) is 0 Å². The molecule has 6 heteroatoms. The summed E-state index contributed by atoms with van der Waals surface area (Å²) in [5.74, 6) is -0.685. The predicted molar refractivity (Wildman–Crippen MR) is 93.4 cm³/mol. The largest absolute Gasteiger partial charge is 0.325 e. The summed E-state index contributed by atoms with van der Waals surface area (Å²) in [5, 5.41) is 0. The molecule has 1 fully saturated rings. The van der Waals surface area contributed by atoms with E-state index in [1.54, 1.807) is 47.1 Å². The van der Waals surface area contributed by atoms with Gasteiger partial charge in [0.1, 0.15) is 11.9 Å². The zero-order valence-corrected chi connectivity index (χ0v) is 14.7. The van der Waals surface area contributed by atoms with Crippen molar-refractivity contribution >= 4 is 33.4 Å². The second-order valence-electron chi connectivity index (χ2n) is 5.65.